The van der Waals surface area contributed by atoms with E-state index in [1.165, 1.54) is 13.2 Å². The summed E-state index contributed by atoms with van der Waals surface area (Å²) in [6.07, 6.45) is 0.939. The summed E-state index contributed by atoms with van der Waals surface area (Å²) in [7, 11) is 3.06. The van der Waals surface area contributed by atoms with Crippen molar-refractivity contribution < 1.29 is 28.9 Å². The number of nitrogens with zero attached hydrogens (tertiary/aromatic N) is 1. The van der Waals surface area contributed by atoms with Gasteiger partial charge >= 0.3 is 0 Å². The van der Waals surface area contributed by atoms with Gasteiger partial charge in [-0.05, 0) is 72.7 Å². The van der Waals surface area contributed by atoms with E-state index in [9.17, 15) is 19.7 Å². The van der Waals surface area contributed by atoms with E-state index in [1.807, 2.05) is 13.0 Å². The first-order valence-corrected chi connectivity index (χ1v) is 13.1. The highest BCUT2D eigenvalue weighted by molar-refractivity contribution is 7.80. The summed E-state index contributed by atoms with van der Waals surface area (Å²) >= 11 is 4.82. The minimum absolute atomic E-state index is 0.175. The molecule has 0 aromatic heterocycles. The van der Waals surface area contributed by atoms with E-state index in [0.29, 0.717) is 75.0 Å². The Hall–Kier alpha value is -4.25. The third-order valence-electron chi connectivity index (χ3n) is 6.78. The van der Waals surface area contributed by atoms with Crippen LogP contribution in [0.15, 0.2) is 52.2 Å². The van der Waals surface area contributed by atoms with Crippen molar-refractivity contribution in [2.75, 3.05) is 20.8 Å². The topological polar surface area (TPSA) is 126 Å². The Balaban J connectivity index is 1.85. The lowest BCUT2D eigenvalue weighted by Crippen LogP contribution is -2.29. The molecule has 3 aromatic carbocycles. The molecule has 1 aliphatic rings. The molecule has 1 N–H and O–H groups in total. The molecule has 4 rings (SSSR count). The lowest BCUT2D eigenvalue weighted by Gasteiger charge is -2.22. The summed E-state index contributed by atoms with van der Waals surface area (Å²) in [5.74, 6) is 0.900. The molecule has 0 heterocycles. The monoisotopic (exact) mass is 566 g/mol. The minimum atomic E-state index is -0.884. The Morgan fingerprint density at radius 1 is 1.12 bits per heavy atom. The molecular formula is C29H30N2O8S. The first-order valence-electron chi connectivity index (χ1n) is 12.6. The molecule has 0 fully saturated rings. The number of benzene rings is 2. The summed E-state index contributed by atoms with van der Waals surface area (Å²) in [4.78, 5) is 42.0. The Labute approximate surface area is 236 Å². The molecular weight excluding hydrogens is 536 g/mol. The number of hydrogen-bond donors (Lipinski definition) is 2. The molecule has 1 atom stereocenters. The highest BCUT2D eigenvalue weighted by atomic mass is 32.1. The standard InChI is InChI=1S/C29H30N2O8S/c1-5-38-27-26(37-4)25(36-3)24-19-10-9-16(2)23(32)14-21(19)22(12-11-20(24)28(27)40)30-29(33)18-8-6-7-17(13-18)15-39-31(34)35/h6-10,13-14,22,40H,5,11-12,15H2,1-4H3,(H,30,33)/t22-/m0/s1. The van der Waals surface area contributed by atoms with Crippen molar-refractivity contribution in [2.24, 2.45) is 0 Å². The third kappa shape index (κ3) is 5.69. The van der Waals surface area contributed by atoms with Crippen LogP contribution in [0.1, 0.15) is 52.0 Å². The van der Waals surface area contributed by atoms with Crippen LogP contribution in [0.2, 0.25) is 0 Å². The van der Waals surface area contributed by atoms with Gasteiger partial charge in [0.2, 0.25) is 5.75 Å². The second-order valence-electron chi connectivity index (χ2n) is 9.19. The van der Waals surface area contributed by atoms with Crippen molar-refractivity contribution in [3.8, 4) is 28.4 Å². The fraction of sp³-hybridized carbons (Fsp3) is 0.310. The van der Waals surface area contributed by atoms with Crippen molar-refractivity contribution in [2.45, 2.75) is 44.2 Å². The number of nitrogens with one attached hydrogen (secondary N) is 1. The van der Waals surface area contributed by atoms with Crippen molar-refractivity contribution in [1.29, 1.82) is 0 Å². The van der Waals surface area contributed by atoms with Crippen LogP contribution < -0.4 is 25.0 Å². The van der Waals surface area contributed by atoms with Gasteiger partial charge in [0.05, 0.1) is 31.8 Å². The van der Waals surface area contributed by atoms with Crippen LogP contribution in [-0.2, 0) is 17.9 Å². The Morgan fingerprint density at radius 3 is 2.55 bits per heavy atom. The van der Waals surface area contributed by atoms with E-state index in [0.717, 1.165) is 5.56 Å². The molecule has 0 bridgehead atoms. The quantitative estimate of drug-likeness (QED) is 0.214. The van der Waals surface area contributed by atoms with E-state index in [2.05, 4.69) is 10.2 Å². The number of rotatable bonds is 9. The molecule has 0 radical (unpaired) electrons. The largest absolute Gasteiger partial charge is 0.492 e. The van der Waals surface area contributed by atoms with Crippen LogP contribution >= 0.6 is 12.6 Å². The zero-order chi connectivity index (χ0) is 29.0. The number of ether oxygens (including phenoxy) is 3. The molecule has 11 heteroatoms. The van der Waals surface area contributed by atoms with Gasteiger partial charge in [-0.1, -0.05) is 24.3 Å². The Morgan fingerprint density at radius 2 is 1.88 bits per heavy atom. The Bertz CT molecular complexity index is 1530. The summed E-state index contributed by atoms with van der Waals surface area (Å²) in [6, 6.07) is 11.0. The van der Waals surface area contributed by atoms with E-state index < -0.39 is 17.0 Å². The molecule has 0 spiro atoms. The highest BCUT2D eigenvalue weighted by Gasteiger charge is 2.32. The molecule has 3 aromatic rings. The van der Waals surface area contributed by atoms with Gasteiger partial charge in [-0.3, -0.25) is 9.59 Å². The lowest BCUT2D eigenvalue weighted by molar-refractivity contribution is -0.763. The number of amides is 1. The van der Waals surface area contributed by atoms with Crippen molar-refractivity contribution in [1.82, 2.24) is 5.32 Å². The van der Waals surface area contributed by atoms with Crippen LogP contribution in [0.4, 0.5) is 0 Å². The summed E-state index contributed by atoms with van der Waals surface area (Å²) in [5, 5.41) is 12.8. The number of methoxy groups -OCH3 is 2. The van der Waals surface area contributed by atoms with Gasteiger partial charge in [-0.25, -0.2) is 0 Å². The minimum Gasteiger partial charge on any atom is -0.492 e. The van der Waals surface area contributed by atoms with Gasteiger partial charge in [0.25, 0.3) is 11.0 Å². The van der Waals surface area contributed by atoms with Crippen LogP contribution in [-0.4, -0.2) is 31.8 Å². The van der Waals surface area contributed by atoms with Crippen LogP contribution in [0.25, 0.3) is 11.1 Å². The normalized spacial score (nSPS) is 13.8. The van der Waals surface area contributed by atoms with Gasteiger partial charge in [0.15, 0.2) is 16.9 Å². The average Bonchev–Trinajstić information content (AvgIpc) is 3.18. The third-order valence-corrected chi connectivity index (χ3v) is 7.26. The van der Waals surface area contributed by atoms with Crippen LogP contribution in [0.5, 0.6) is 17.2 Å². The SMILES string of the molecule is CCOc1c(S)c2c(c(OC)c1OC)-c1ccc(C)c(=O)cc1[C@@H](NC(=O)c1cccc(CO[N+](=O)[O-])c1)CC2. The second kappa shape index (κ2) is 12.3. The first kappa shape index (κ1) is 28.8. The fourth-order valence-electron chi connectivity index (χ4n) is 4.90. The number of carbonyl (C=O) groups is 1. The second-order valence-corrected chi connectivity index (χ2v) is 9.63. The number of carbonyl (C=O) groups excluding carboxylic acids is 1. The summed E-state index contributed by atoms with van der Waals surface area (Å²) < 4.78 is 17.5. The van der Waals surface area contributed by atoms with Gasteiger partial charge in [-0.15, -0.1) is 22.7 Å². The molecule has 1 aliphatic carbocycles. The Kier molecular flexibility index (Phi) is 8.83. The van der Waals surface area contributed by atoms with Gasteiger partial charge < -0.3 is 24.4 Å². The number of hydrogen-bond acceptors (Lipinski definition) is 9. The highest BCUT2D eigenvalue weighted by Crippen LogP contribution is 2.53. The maximum Gasteiger partial charge on any atom is 0.294 e. The molecule has 10 nitrogen and oxygen atoms in total. The zero-order valence-electron chi connectivity index (χ0n) is 22.6. The lowest BCUT2D eigenvalue weighted by atomic mass is 9.95. The van der Waals surface area contributed by atoms with Crippen molar-refractivity contribution in [3.63, 3.8) is 0 Å². The van der Waals surface area contributed by atoms with Crippen molar-refractivity contribution >= 4 is 18.5 Å². The molecule has 210 valence electrons. The maximum absolute atomic E-state index is 13.4. The van der Waals surface area contributed by atoms with E-state index in [-0.39, 0.29) is 12.0 Å². The fourth-order valence-corrected chi connectivity index (χ4v) is 5.29. The number of thiol groups is 1. The van der Waals surface area contributed by atoms with Gasteiger partial charge in [0.1, 0.15) is 6.61 Å². The van der Waals surface area contributed by atoms with Crippen LogP contribution in [0, 0.1) is 17.0 Å². The summed E-state index contributed by atoms with van der Waals surface area (Å²) in [6.45, 7) is 3.71. The van der Waals surface area contributed by atoms with E-state index in [4.69, 9.17) is 26.8 Å². The summed E-state index contributed by atoms with van der Waals surface area (Å²) in [5.41, 5.74) is 4.03. The molecule has 40 heavy (non-hydrogen) atoms. The van der Waals surface area contributed by atoms with Crippen molar-refractivity contribution in [3.05, 3.63) is 90.6 Å². The number of aryl methyl sites for hydroxylation is 1. The molecule has 0 saturated heterocycles. The van der Waals surface area contributed by atoms with E-state index >= 15 is 0 Å². The maximum atomic E-state index is 13.4. The molecule has 0 saturated carbocycles. The number of fused-ring (bicyclic) bond motifs is 3. The predicted octanol–water partition coefficient (Wildman–Crippen LogP) is 4.85. The molecule has 0 unspecified atom stereocenters. The first-order chi connectivity index (χ1) is 19.2. The molecule has 0 aliphatic heterocycles. The van der Waals surface area contributed by atoms with Gasteiger partial charge in [-0.2, -0.15) is 0 Å². The van der Waals surface area contributed by atoms with Gasteiger partial charge in [0, 0.05) is 11.1 Å². The van der Waals surface area contributed by atoms with Crippen LogP contribution in [0.3, 0.4) is 0 Å². The molecule has 1 amide bonds. The predicted molar refractivity (Wildman–Crippen MR) is 151 cm³/mol. The average molecular weight is 567 g/mol. The van der Waals surface area contributed by atoms with E-state index in [1.54, 1.807) is 44.4 Å². The smallest absolute Gasteiger partial charge is 0.294 e. The zero-order valence-corrected chi connectivity index (χ0v) is 23.5.